The Morgan fingerprint density at radius 1 is 1.38 bits per heavy atom. The molecule has 2 aliphatic carbocycles. The van der Waals surface area contributed by atoms with Crippen LogP contribution in [-0.4, -0.2) is 25.8 Å². The van der Waals surface area contributed by atoms with Crippen molar-refractivity contribution in [3.05, 3.63) is 46.8 Å². The van der Waals surface area contributed by atoms with Crippen molar-refractivity contribution >= 4 is 0 Å². The van der Waals surface area contributed by atoms with E-state index in [-0.39, 0.29) is 11.2 Å². The Balaban J connectivity index is 1.88. The van der Waals surface area contributed by atoms with E-state index >= 15 is 0 Å². The molecule has 108 valence electrons. The van der Waals surface area contributed by atoms with E-state index in [9.17, 15) is 4.39 Å². The van der Waals surface area contributed by atoms with Crippen LogP contribution in [0.15, 0.2) is 35.7 Å². The molecule has 1 aromatic carbocycles. The fraction of sp³-hybridized carbons (Fsp3) is 0.412. The second-order valence-corrected chi connectivity index (χ2v) is 6.23. The summed E-state index contributed by atoms with van der Waals surface area (Å²) < 4.78 is 26.0. The van der Waals surface area contributed by atoms with Crippen molar-refractivity contribution in [3.8, 4) is 11.5 Å². The summed E-state index contributed by atoms with van der Waals surface area (Å²) in [4.78, 5) is 0. The van der Waals surface area contributed by atoms with Gasteiger partial charge in [-0.3, -0.25) is 0 Å². The SMILES string of the molecule is COc1ccc2c3c1O[C@H]1C(F)=CC=C4[C@@H](C2)NCC[C@]431. The first-order valence-electron chi connectivity index (χ1n) is 7.44. The molecule has 3 nitrogen and oxygen atoms in total. The number of allylic oxidation sites excluding steroid dienone is 2. The maximum Gasteiger partial charge on any atom is 0.166 e. The van der Waals surface area contributed by atoms with Gasteiger partial charge < -0.3 is 14.8 Å². The highest BCUT2D eigenvalue weighted by Crippen LogP contribution is 2.61. The third-order valence-corrected chi connectivity index (χ3v) is 5.45. The minimum Gasteiger partial charge on any atom is -0.493 e. The Bertz CT molecular complexity index is 724. The number of rotatable bonds is 1. The number of piperidine rings is 1. The lowest BCUT2D eigenvalue weighted by Gasteiger charge is -2.49. The molecule has 0 saturated carbocycles. The van der Waals surface area contributed by atoms with Gasteiger partial charge in [0, 0.05) is 11.6 Å². The van der Waals surface area contributed by atoms with Gasteiger partial charge in [-0.25, -0.2) is 4.39 Å². The molecule has 4 heteroatoms. The summed E-state index contributed by atoms with van der Waals surface area (Å²) in [6.45, 7) is 0.894. The molecule has 0 aromatic heterocycles. The van der Waals surface area contributed by atoms with E-state index in [0.29, 0.717) is 11.8 Å². The smallest absolute Gasteiger partial charge is 0.166 e. The van der Waals surface area contributed by atoms with Crippen molar-refractivity contribution in [2.45, 2.75) is 30.4 Å². The molecule has 0 amide bonds. The van der Waals surface area contributed by atoms with E-state index in [0.717, 1.165) is 25.1 Å². The zero-order valence-electron chi connectivity index (χ0n) is 11.8. The van der Waals surface area contributed by atoms with E-state index in [1.165, 1.54) is 16.7 Å². The quantitative estimate of drug-likeness (QED) is 0.859. The molecule has 1 aromatic rings. The molecule has 21 heavy (non-hydrogen) atoms. The summed E-state index contributed by atoms with van der Waals surface area (Å²) >= 11 is 0. The predicted octanol–water partition coefficient (Wildman–Crippen LogP) is 2.41. The molecule has 1 spiro atoms. The van der Waals surface area contributed by atoms with E-state index in [4.69, 9.17) is 9.47 Å². The zero-order valence-corrected chi connectivity index (χ0v) is 11.8. The van der Waals surface area contributed by atoms with Gasteiger partial charge in [0.05, 0.1) is 12.5 Å². The van der Waals surface area contributed by atoms with E-state index in [1.54, 1.807) is 13.2 Å². The number of halogens is 1. The van der Waals surface area contributed by atoms with Gasteiger partial charge in [0.1, 0.15) is 5.83 Å². The van der Waals surface area contributed by atoms with Crippen LogP contribution in [0.5, 0.6) is 11.5 Å². The standard InChI is InChI=1S/C17H16FNO2/c1-20-13-5-2-9-8-12-10-3-4-11(18)16-17(10,6-7-19-12)14(9)15(13)21-16/h2-5,12,16,19H,6-8H2,1H3/t12-,16+,17+/m1/s1. The number of nitrogens with one attached hydrogen (secondary N) is 1. The van der Waals surface area contributed by atoms with Crippen LogP contribution in [0.2, 0.25) is 0 Å². The summed E-state index contributed by atoms with van der Waals surface area (Å²) in [5.41, 5.74) is 3.38. The van der Waals surface area contributed by atoms with Crippen molar-refractivity contribution in [2.75, 3.05) is 13.7 Å². The van der Waals surface area contributed by atoms with Crippen LogP contribution in [0.3, 0.4) is 0 Å². The van der Waals surface area contributed by atoms with Gasteiger partial charge >= 0.3 is 0 Å². The molecule has 5 rings (SSSR count). The average Bonchev–Trinajstić information content (AvgIpc) is 2.83. The monoisotopic (exact) mass is 285 g/mol. The summed E-state index contributed by atoms with van der Waals surface area (Å²) in [7, 11) is 1.64. The number of ether oxygens (including phenoxy) is 2. The van der Waals surface area contributed by atoms with E-state index in [1.807, 2.05) is 12.1 Å². The largest absolute Gasteiger partial charge is 0.493 e. The summed E-state index contributed by atoms with van der Waals surface area (Å²) in [5, 5.41) is 3.57. The molecular weight excluding hydrogens is 269 g/mol. The number of methoxy groups -OCH3 is 1. The van der Waals surface area contributed by atoms with Crippen molar-refractivity contribution in [1.29, 1.82) is 0 Å². The Hall–Kier alpha value is -1.81. The molecule has 4 aliphatic rings. The van der Waals surface area contributed by atoms with Gasteiger partial charge in [0.15, 0.2) is 17.6 Å². The molecule has 1 N–H and O–H groups in total. The van der Waals surface area contributed by atoms with Gasteiger partial charge in [0.2, 0.25) is 0 Å². The van der Waals surface area contributed by atoms with Crippen LogP contribution in [0, 0.1) is 0 Å². The third-order valence-electron chi connectivity index (χ3n) is 5.45. The lowest BCUT2D eigenvalue weighted by molar-refractivity contribution is 0.140. The molecule has 1 saturated heterocycles. The minimum absolute atomic E-state index is 0.175. The summed E-state index contributed by atoms with van der Waals surface area (Å²) in [6.07, 6.45) is 4.82. The van der Waals surface area contributed by atoms with Crippen LogP contribution < -0.4 is 14.8 Å². The average molecular weight is 285 g/mol. The van der Waals surface area contributed by atoms with Crippen LogP contribution >= 0.6 is 0 Å². The molecule has 2 bridgehead atoms. The first-order chi connectivity index (χ1) is 10.3. The predicted molar refractivity (Wildman–Crippen MR) is 76.5 cm³/mol. The highest BCUT2D eigenvalue weighted by molar-refractivity contribution is 5.67. The molecule has 0 radical (unpaired) electrons. The molecule has 0 unspecified atom stereocenters. The van der Waals surface area contributed by atoms with Crippen molar-refractivity contribution < 1.29 is 13.9 Å². The highest BCUT2D eigenvalue weighted by atomic mass is 19.1. The lowest BCUT2D eigenvalue weighted by atomic mass is 9.58. The Morgan fingerprint density at radius 2 is 2.29 bits per heavy atom. The summed E-state index contributed by atoms with van der Waals surface area (Å²) in [6, 6.07) is 4.34. The third kappa shape index (κ3) is 1.19. The maximum absolute atomic E-state index is 14.5. The molecular formula is C17H16FNO2. The minimum atomic E-state index is -0.521. The fourth-order valence-electron chi connectivity index (χ4n) is 4.67. The van der Waals surface area contributed by atoms with Gasteiger partial charge in [-0.1, -0.05) is 12.1 Å². The topological polar surface area (TPSA) is 30.5 Å². The molecule has 1 fully saturated rings. The van der Waals surface area contributed by atoms with Gasteiger partial charge in [-0.15, -0.1) is 0 Å². The van der Waals surface area contributed by atoms with E-state index in [2.05, 4.69) is 11.4 Å². The number of hydrogen-bond acceptors (Lipinski definition) is 3. The lowest BCUT2D eigenvalue weighted by Crippen LogP contribution is -2.57. The maximum atomic E-state index is 14.5. The van der Waals surface area contributed by atoms with Crippen molar-refractivity contribution in [1.82, 2.24) is 5.32 Å². The normalized spacial score (nSPS) is 34.6. The fourth-order valence-corrected chi connectivity index (χ4v) is 4.67. The Morgan fingerprint density at radius 3 is 3.14 bits per heavy atom. The van der Waals surface area contributed by atoms with Crippen LogP contribution in [-0.2, 0) is 11.8 Å². The van der Waals surface area contributed by atoms with Crippen molar-refractivity contribution in [2.24, 2.45) is 0 Å². The van der Waals surface area contributed by atoms with E-state index < -0.39 is 6.10 Å². The highest BCUT2D eigenvalue weighted by Gasteiger charge is 2.60. The Labute approximate surface area is 122 Å². The Kier molecular flexibility index (Phi) is 2.07. The van der Waals surface area contributed by atoms with Gasteiger partial charge in [0.25, 0.3) is 0 Å². The second-order valence-electron chi connectivity index (χ2n) is 6.23. The molecule has 2 heterocycles. The summed E-state index contributed by atoms with van der Waals surface area (Å²) in [5.74, 6) is 1.28. The number of hydrogen-bond donors (Lipinski definition) is 1. The van der Waals surface area contributed by atoms with Crippen LogP contribution in [0.1, 0.15) is 17.5 Å². The number of benzene rings is 1. The van der Waals surface area contributed by atoms with Gasteiger partial charge in [-0.2, -0.15) is 0 Å². The first-order valence-corrected chi connectivity index (χ1v) is 7.44. The second kappa shape index (κ2) is 3.69. The van der Waals surface area contributed by atoms with Crippen LogP contribution in [0.4, 0.5) is 4.39 Å². The molecule has 2 aliphatic heterocycles. The molecule has 3 atom stereocenters. The van der Waals surface area contributed by atoms with Gasteiger partial charge in [-0.05, 0) is 42.7 Å². The zero-order chi connectivity index (χ0) is 14.2. The van der Waals surface area contributed by atoms with Crippen molar-refractivity contribution in [3.63, 3.8) is 0 Å². The van der Waals surface area contributed by atoms with Crippen LogP contribution in [0.25, 0.3) is 0 Å². The first kappa shape index (κ1) is 11.8.